The maximum Gasteiger partial charge on any atom is 0.183 e. The smallest absolute Gasteiger partial charge is 0.183 e. The van der Waals surface area contributed by atoms with Crippen molar-refractivity contribution in [2.75, 3.05) is 17.6 Å². The van der Waals surface area contributed by atoms with E-state index in [1.807, 2.05) is 0 Å². The van der Waals surface area contributed by atoms with Gasteiger partial charge in [0.1, 0.15) is 0 Å². The van der Waals surface area contributed by atoms with Crippen molar-refractivity contribution >= 4 is 11.4 Å². The number of benzene rings is 1. The second-order valence-electron chi connectivity index (χ2n) is 4.61. The minimum Gasteiger partial charge on any atom is -0.397 e. The third kappa shape index (κ3) is 2.49. The molecule has 0 atom stereocenters. The highest BCUT2D eigenvalue weighted by Crippen LogP contribution is 2.31. The van der Waals surface area contributed by atoms with Gasteiger partial charge in [0, 0.05) is 6.54 Å². The first kappa shape index (κ1) is 12.1. The van der Waals surface area contributed by atoms with Crippen LogP contribution >= 0.6 is 0 Å². The Kier molecular flexibility index (Phi) is 3.19. The zero-order chi connectivity index (χ0) is 12.5. The molecule has 1 fully saturated rings. The predicted octanol–water partition coefficient (Wildman–Crippen LogP) is 2.26. The molecule has 1 aliphatic carbocycles. The van der Waals surface area contributed by atoms with E-state index in [2.05, 4.69) is 5.32 Å². The lowest BCUT2D eigenvalue weighted by atomic mass is 10.0. The standard InChI is InChI=1S/C12H16F2N2O/c13-8-3-4-9(15)11(10(8)14)16-7-12(17)5-1-2-6-12/h3-4,16-17H,1-2,5-7,15H2. The number of nitrogens with one attached hydrogen (secondary N) is 1. The van der Waals surface area contributed by atoms with Gasteiger partial charge in [-0.05, 0) is 25.0 Å². The van der Waals surface area contributed by atoms with Crippen LogP contribution in [0.25, 0.3) is 0 Å². The number of hydrogen-bond donors (Lipinski definition) is 3. The van der Waals surface area contributed by atoms with E-state index in [4.69, 9.17) is 5.73 Å². The number of nitrogens with two attached hydrogens (primary N) is 1. The van der Waals surface area contributed by atoms with Crippen LogP contribution in [0.1, 0.15) is 25.7 Å². The molecule has 0 spiro atoms. The maximum atomic E-state index is 13.5. The van der Waals surface area contributed by atoms with Crippen molar-refractivity contribution < 1.29 is 13.9 Å². The molecule has 2 rings (SSSR count). The fourth-order valence-electron chi connectivity index (χ4n) is 2.21. The van der Waals surface area contributed by atoms with Crippen molar-refractivity contribution in [1.29, 1.82) is 0 Å². The van der Waals surface area contributed by atoms with Crippen molar-refractivity contribution in [2.24, 2.45) is 0 Å². The Labute approximate surface area is 98.6 Å². The van der Waals surface area contributed by atoms with E-state index in [0.717, 1.165) is 18.9 Å². The quantitative estimate of drug-likeness (QED) is 0.712. The third-order valence-corrected chi connectivity index (χ3v) is 3.26. The number of anilines is 2. The minimum atomic E-state index is -0.994. The zero-order valence-electron chi connectivity index (χ0n) is 9.47. The number of hydrogen-bond acceptors (Lipinski definition) is 3. The summed E-state index contributed by atoms with van der Waals surface area (Å²) >= 11 is 0. The molecule has 1 aliphatic rings. The van der Waals surface area contributed by atoms with Crippen molar-refractivity contribution in [3.05, 3.63) is 23.8 Å². The van der Waals surface area contributed by atoms with Crippen LogP contribution in [-0.4, -0.2) is 17.3 Å². The summed E-state index contributed by atoms with van der Waals surface area (Å²) in [6.45, 7) is 0.192. The van der Waals surface area contributed by atoms with Crippen molar-refractivity contribution in [3.8, 4) is 0 Å². The maximum absolute atomic E-state index is 13.5. The SMILES string of the molecule is Nc1ccc(F)c(F)c1NCC1(O)CCCC1. The lowest BCUT2D eigenvalue weighted by molar-refractivity contribution is 0.0614. The van der Waals surface area contributed by atoms with Gasteiger partial charge >= 0.3 is 0 Å². The Hall–Kier alpha value is -1.36. The van der Waals surface area contributed by atoms with Crippen LogP contribution in [0.4, 0.5) is 20.2 Å². The summed E-state index contributed by atoms with van der Waals surface area (Å²) in [6.07, 6.45) is 3.27. The molecule has 4 N–H and O–H groups in total. The summed E-state index contributed by atoms with van der Waals surface area (Å²) in [7, 11) is 0. The van der Waals surface area contributed by atoms with Gasteiger partial charge in [-0.15, -0.1) is 0 Å². The summed E-state index contributed by atoms with van der Waals surface area (Å²) in [5.41, 5.74) is 4.82. The van der Waals surface area contributed by atoms with Crippen LogP contribution in [0.2, 0.25) is 0 Å². The van der Waals surface area contributed by atoms with E-state index in [1.165, 1.54) is 6.07 Å². The Morgan fingerprint density at radius 3 is 2.59 bits per heavy atom. The molecular formula is C12H16F2N2O. The Morgan fingerprint density at radius 1 is 1.29 bits per heavy atom. The molecule has 0 amide bonds. The number of rotatable bonds is 3. The van der Waals surface area contributed by atoms with E-state index in [-0.39, 0.29) is 17.9 Å². The molecule has 3 nitrogen and oxygen atoms in total. The summed E-state index contributed by atoms with van der Waals surface area (Å²) < 4.78 is 26.5. The highest BCUT2D eigenvalue weighted by Gasteiger charge is 2.31. The first-order valence-corrected chi connectivity index (χ1v) is 5.72. The van der Waals surface area contributed by atoms with Crippen LogP contribution in [-0.2, 0) is 0 Å². The lowest BCUT2D eigenvalue weighted by Crippen LogP contribution is -2.33. The minimum absolute atomic E-state index is 0.0645. The normalized spacial score (nSPS) is 18.3. The van der Waals surface area contributed by atoms with Crippen LogP contribution in [0.3, 0.4) is 0 Å². The van der Waals surface area contributed by atoms with Crippen molar-refractivity contribution in [3.63, 3.8) is 0 Å². The Bertz CT molecular complexity index is 417. The molecule has 0 bridgehead atoms. The molecule has 0 aliphatic heterocycles. The molecule has 1 saturated carbocycles. The highest BCUT2D eigenvalue weighted by atomic mass is 19.2. The predicted molar refractivity (Wildman–Crippen MR) is 62.7 cm³/mol. The number of aliphatic hydroxyl groups is 1. The summed E-state index contributed by atoms with van der Waals surface area (Å²) in [6, 6.07) is 2.29. The van der Waals surface area contributed by atoms with E-state index in [1.54, 1.807) is 0 Å². The molecule has 0 heterocycles. The second kappa shape index (κ2) is 4.49. The molecule has 94 valence electrons. The fraction of sp³-hybridized carbons (Fsp3) is 0.500. The van der Waals surface area contributed by atoms with Gasteiger partial charge in [-0.3, -0.25) is 0 Å². The summed E-state index contributed by atoms with van der Waals surface area (Å²) in [5.74, 6) is -1.94. The fourth-order valence-corrected chi connectivity index (χ4v) is 2.21. The molecule has 0 aromatic heterocycles. The first-order chi connectivity index (χ1) is 8.02. The van der Waals surface area contributed by atoms with Gasteiger partial charge in [-0.2, -0.15) is 0 Å². The molecule has 1 aromatic rings. The van der Waals surface area contributed by atoms with Gasteiger partial charge < -0.3 is 16.2 Å². The molecule has 17 heavy (non-hydrogen) atoms. The van der Waals surface area contributed by atoms with Crippen LogP contribution in [0.5, 0.6) is 0 Å². The van der Waals surface area contributed by atoms with Gasteiger partial charge in [-0.25, -0.2) is 8.78 Å². The topological polar surface area (TPSA) is 58.3 Å². The second-order valence-corrected chi connectivity index (χ2v) is 4.61. The van der Waals surface area contributed by atoms with E-state index >= 15 is 0 Å². The Morgan fingerprint density at radius 2 is 1.94 bits per heavy atom. The molecule has 1 aromatic carbocycles. The average Bonchev–Trinajstić information content (AvgIpc) is 2.71. The van der Waals surface area contributed by atoms with Gasteiger partial charge in [0.05, 0.1) is 17.0 Å². The van der Waals surface area contributed by atoms with E-state index < -0.39 is 17.2 Å². The molecule has 0 unspecified atom stereocenters. The molecule has 0 radical (unpaired) electrons. The largest absolute Gasteiger partial charge is 0.397 e. The van der Waals surface area contributed by atoms with Gasteiger partial charge in [-0.1, -0.05) is 12.8 Å². The van der Waals surface area contributed by atoms with Crippen LogP contribution in [0.15, 0.2) is 12.1 Å². The summed E-state index contributed by atoms with van der Waals surface area (Å²) in [4.78, 5) is 0. The Balaban J connectivity index is 2.11. The summed E-state index contributed by atoms with van der Waals surface area (Å²) in [5, 5.41) is 12.8. The zero-order valence-corrected chi connectivity index (χ0v) is 9.47. The van der Waals surface area contributed by atoms with Crippen LogP contribution < -0.4 is 11.1 Å². The third-order valence-electron chi connectivity index (χ3n) is 3.26. The van der Waals surface area contributed by atoms with Crippen LogP contribution in [0, 0.1) is 11.6 Å². The number of halogens is 2. The average molecular weight is 242 g/mol. The van der Waals surface area contributed by atoms with Gasteiger partial charge in [0.15, 0.2) is 11.6 Å². The first-order valence-electron chi connectivity index (χ1n) is 5.72. The van der Waals surface area contributed by atoms with Gasteiger partial charge in [0.2, 0.25) is 0 Å². The molecule has 0 saturated heterocycles. The van der Waals surface area contributed by atoms with E-state index in [9.17, 15) is 13.9 Å². The molecule has 5 heteroatoms. The lowest BCUT2D eigenvalue weighted by Gasteiger charge is -2.23. The van der Waals surface area contributed by atoms with Crippen molar-refractivity contribution in [2.45, 2.75) is 31.3 Å². The van der Waals surface area contributed by atoms with E-state index in [0.29, 0.717) is 12.8 Å². The van der Waals surface area contributed by atoms with Crippen molar-refractivity contribution in [1.82, 2.24) is 0 Å². The number of nitrogen functional groups attached to an aromatic ring is 1. The monoisotopic (exact) mass is 242 g/mol. The highest BCUT2D eigenvalue weighted by molar-refractivity contribution is 5.66. The van der Waals surface area contributed by atoms with Gasteiger partial charge in [0.25, 0.3) is 0 Å². The molecular weight excluding hydrogens is 226 g/mol.